The Morgan fingerprint density at radius 1 is 1.41 bits per heavy atom. The van der Waals surface area contributed by atoms with Crippen molar-refractivity contribution in [2.45, 2.75) is 19.8 Å². The zero-order valence-electron chi connectivity index (χ0n) is 9.68. The number of rotatable bonds is 3. The highest BCUT2D eigenvalue weighted by molar-refractivity contribution is 5.23. The van der Waals surface area contributed by atoms with Gasteiger partial charge in [-0.25, -0.2) is 0 Å². The van der Waals surface area contributed by atoms with Crippen LogP contribution in [-0.2, 0) is 0 Å². The highest BCUT2D eigenvalue weighted by Gasteiger charge is 2.06. The molecule has 88 valence electrons. The van der Waals surface area contributed by atoms with Gasteiger partial charge in [-0.1, -0.05) is 13.8 Å². The van der Waals surface area contributed by atoms with Crippen LogP contribution in [0.25, 0.3) is 0 Å². The molecule has 0 spiro atoms. The number of hydrogen-bond acceptors (Lipinski definition) is 4. The van der Waals surface area contributed by atoms with E-state index in [4.69, 9.17) is 4.74 Å². The van der Waals surface area contributed by atoms with Crippen molar-refractivity contribution in [3.05, 3.63) is 46.8 Å². The molecule has 17 heavy (non-hydrogen) atoms. The van der Waals surface area contributed by atoms with E-state index < -0.39 is 0 Å². The average Bonchev–Trinajstić information content (AvgIpc) is 2.29. The predicted molar refractivity (Wildman–Crippen MR) is 63.3 cm³/mol. The molecule has 2 aromatic heterocycles. The Kier molecular flexibility index (Phi) is 3.18. The molecule has 2 aromatic rings. The molecule has 0 fully saturated rings. The summed E-state index contributed by atoms with van der Waals surface area (Å²) in [4.78, 5) is 22.2. The molecule has 0 amide bonds. The van der Waals surface area contributed by atoms with E-state index in [0.29, 0.717) is 11.6 Å². The van der Waals surface area contributed by atoms with E-state index in [1.807, 2.05) is 13.8 Å². The van der Waals surface area contributed by atoms with Gasteiger partial charge in [0.05, 0.1) is 12.3 Å². The second kappa shape index (κ2) is 4.78. The lowest BCUT2D eigenvalue weighted by Crippen LogP contribution is -2.11. The van der Waals surface area contributed by atoms with Gasteiger partial charge in [-0.15, -0.1) is 0 Å². The number of ether oxygens (including phenoxy) is 1. The third-order valence-corrected chi connectivity index (χ3v) is 2.14. The molecular formula is C12H13N3O2. The topological polar surface area (TPSA) is 67.9 Å². The molecule has 0 aliphatic carbocycles. The van der Waals surface area contributed by atoms with Crippen molar-refractivity contribution in [1.82, 2.24) is 15.0 Å². The number of nitrogens with one attached hydrogen (secondary N) is 1. The van der Waals surface area contributed by atoms with Crippen LogP contribution in [0.15, 0.2) is 35.4 Å². The molecule has 0 unspecified atom stereocenters. The Morgan fingerprint density at radius 2 is 2.24 bits per heavy atom. The van der Waals surface area contributed by atoms with Crippen LogP contribution in [0.2, 0.25) is 0 Å². The summed E-state index contributed by atoms with van der Waals surface area (Å²) in [5, 5.41) is 0. The van der Waals surface area contributed by atoms with E-state index in [9.17, 15) is 4.79 Å². The van der Waals surface area contributed by atoms with Gasteiger partial charge in [0, 0.05) is 12.1 Å². The Balaban J connectivity index is 2.30. The average molecular weight is 231 g/mol. The first-order chi connectivity index (χ1) is 8.15. The lowest BCUT2D eigenvalue weighted by atomic mass is 10.2. The molecule has 0 aliphatic rings. The van der Waals surface area contributed by atoms with Gasteiger partial charge in [0.25, 0.3) is 5.56 Å². The molecule has 2 heterocycles. The molecule has 0 bridgehead atoms. The van der Waals surface area contributed by atoms with Crippen molar-refractivity contribution in [2.75, 3.05) is 0 Å². The van der Waals surface area contributed by atoms with Gasteiger partial charge in [-0.2, -0.15) is 4.98 Å². The lowest BCUT2D eigenvalue weighted by molar-refractivity contribution is 0.453. The molecule has 5 heteroatoms. The first-order valence-corrected chi connectivity index (χ1v) is 5.34. The fourth-order valence-corrected chi connectivity index (χ4v) is 1.31. The number of hydrogen-bond donors (Lipinski definition) is 1. The van der Waals surface area contributed by atoms with Crippen molar-refractivity contribution in [2.24, 2.45) is 0 Å². The summed E-state index contributed by atoms with van der Waals surface area (Å²) in [6, 6.07) is 4.83. The number of aromatic nitrogens is 3. The fourth-order valence-electron chi connectivity index (χ4n) is 1.31. The van der Waals surface area contributed by atoms with Crippen LogP contribution in [0.3, 0.4) is 0 Å². The van der Waals surface area contributed by atoms with Gasteiger partial charge in [0.1, 0.15) is 11.6 Å². The number of nitrogens with zero attached hydrogens (tertiary/aromatic N) is 2. The van der Waals surface area contributed by atoms with Crippen molar-refractivity contribution < 1.29 is 4.74 Å². The van der Waals surface area contributed by atoms with E-state index in [1.54, 1.807) is 24.5 Å². The highest BCUT2D eigenvalue weighted by Crippen LogP contribution is 2.17. The molecule has 0 saturated carbocycles. The number of H-pyrrole nitrogens is 1. The van der Waals surface area contributed by atoms with Crippen molar-refractivity contribution in [3.63, 3.8) is 0 Å². The minimum atomic E-state index is -0.220. The van der Waals surface area contributed by atoms with Gasteiger partial charge in [0.2, 0.25) is 5.88 Å². The maximum atomic E-state index is 11.4. The van der Waals surface area contributed by atoms with E-state index in [0.717, 1.165) is 0 Å². The summed E-state index contributed by atoms with van der Waals surface area (Å²) in [6.45, 7) is 3.90. The predicted octanol–water partition coefficient (Wildman–Crippen LogP) is 2.08. The molecule has 2 rings (SSSR count). The minimum Gasteiger partial charge on any atom is -0.437 e. The van der Waals surface area contributed by atoms with Gasteiger partial charge in [-0.05, 0) is 12.1 Å². The van der Waals surface area contributed by atoms with E-state index >= 15 is 0 Å². The number of aromatic amines is 1. The normalized spacial score (nSPS) is 10.5. The smallest absolute Gasteiger partial charge is 0.254 e. The molecule has 0 saturated heterocycles. The summed E-state index contributed by atoms with van der Waals surface area (Å²) in [5.74, 6) is 1.59. The molecule has 0 aromatic carbocycles. The largest absolute Gasteiger partial charge is 0.437 e. The SMILES string of the molecule is CC(C)c1nc(Oc2cccnc2)cc(=O)[nH]1. The zero-order chi connectivity index (χ0) is 12.3. The standard InChI is InChI=1S/C12H13N3O2/c1-8(2)12-14-10(16)6-11(15-12)17-9-4-3-5-13-7-9/h3-8H,1-2H3,(H,14,15,16). The second-order valence-electron chi connectivity index (χ2n) is 3.91. The van der Waals surface area contributed by atoms with Crippen LogP contribution in [0.4, 0.5) is 0 Å². The van der Waals surface area contributed by atoms with Crippen LogP contribution in [0, 0.1) is 0 Å². The summed E-state index contributed by atoms with van der Waals surface area (Å²) < 4.78 is 5.46. The Hall–Kier alpha value is -2.17. The van der Waals surface area contributed by atoms with Crippen LogP contribution in [0.5, 0.6) is 11.6 Å². The molecule has 1 N–H and O–H groups in total. The third-order valence-electron chi connectivity index (χ3n) is 2.14. The van der Waals surface area contributed by atoms with Gasteiger partial charge in [0.15, 0.2) is 0 Å². The summed E-state index contributed by atoms with van der Waals surface area (Å²) in [6.07, 6.45) is 3.22. The second-order valence-corrected chi connectivity index (χ2v) is 3.91. The fraction of sp³-hybridized carbons (Fsp3) is 0.250. The quantitative estimate of drug-likeness (QED) is 0.878. The van der Waals surface area contributed by atoms with Gasteiger partial charge in [-0.3, -0.25) is 9.78 Å². The Morgan fingerprint density at radius 3 is 2.88 bits per heavy atom. The van der Waals surface area contributed by atoms with Crippen molar-refractivity contribution in [1.29, 1.82) is 0 Å². The summed E-state index contributed by atoms with van der Waals surface area (Å²) in [7, 11) is 0. The van der Waals surface area contributed by atoms with Crippen molar-refractivity contribution in [3.8, 4) is 11.6 Å². The summed E-state index contributed by atoms with van der Waals surface area (Å²) >= 11 is 0. The molecule has 5 nitrogen and oxygen atoms in total. The van der Waals surface area contributed by atoms with Gasteiger partial charge >= 0.3 is 0 Å². The van der Waals surface area contributed by atoms with Crippen molar-refractivity contribution >= 4 is 0 Å². The molecule has 0 atom stereocenters. The zero-order valence-corrected chi connectivity index (χ0v) is 9.68. The van der Waals surface area contributed by atoms with E-state index in [2.05, 4.69) is 15.0 Å². The first kappa shape index (κ1) is 11.3. The minimum absolute atomic E-state index is 0.139. The molecule has 0 aliphatic heterocycles. The van der Waals surface area contributed by atoms with Crippen LogP contribution in [0.1, 0.15) is 25.6 Å². The molecular weight excluding hydrogens is 218 g/mol. The Labute approximate surface area is 98.5 Å². The first-order valence-electron chi connectivity index (χ1n) is 5.34. The maximum Gasteiger partial charge on any atom is 0.254 e. The maximum absolute atomic E-state index is 11.4. The van der Waals surface area contributed by atoms with Crippen LogP contribution >= 0.6 is 0 Å². The lowest BCUT2D eigenvalue weighted by Gasteiger charge is -2.07. The van der Waals surface area contributed by atoms with Gasteiger partial charge < -0.3 is 9.72 Å². The van der Waals surface area contributed by atoms with Crippen LogP contribution < -0.4 is 10.3 Å². The number of pyridine rings is 1. The highest BCUT2D eigenvalue weighted by atomic mass is 16.5. The third kappa shape index (κ3) is 2.90. The monoisotopic (exact) mass is 231 g/mol. The van der Waals surface area contributed by atoms with Crippen LogP contribution in [-0.4, -0.2) is 15.0 Å². The molecule has 0 radical (unpaired) electrons. The summed E-state index contributed by atoms with van der Waals surface area (Å²) in [5.41, 5.74) is -0.220. The van der Waals surface area contributed by atoms with E-state index in [-0.39, 0.29) is 17.4 Å². The van der Waals surface area contributed by atoms with E-state index in [1.165, 1.54) is 6.07 Å². The Bertz CT molecular complexity index is 549.